The molecule has 0 aliphatic rings. The van der Waals surface area contributed by atoms with Crippen molar-refractivity contribution in [3.8, 4) is 11.5 Å². The zero-order valence-corrected chi connectivity index (χ0v) is 13.2. The lowest BCUT2D eigenvalue weighted by Gasteiger charge is -2.21. The van der Waals surface area contributed by atoms with Crippen LogP contribution in [0, 0.1) is 6.92 Å². The van der Waals surface area contributed by atoms with Gasteiger partial charge in [0.05, 0.1) is 26.2 Å². The maximum Gasteiger partial charge on any atom is 0.258 e. The van der Waals surface area contributed by atoms with Crippen LogP contribution in [0.5, 0.6) is 11.5 Å². The van der Waals surface area contributed by atoms with E-state index in [4.69, 9.17) is 9.47 Å². The van der Waals surface area contributed by atoms with Crippen molar-refractivity contribution in [2.24, 2.45) is 0 Å². The predicted molar refractivity (Wildman–Crippen MR) is 85.0 cm³/mol. The molecule has 0 bridgehead atoms. The van der Waals surface area contributed by atoms with E-state index in [2.05, 4.69) is 15.3 Å². The highest BCUT2D eigenvalue weighted by atomic mass is 16.5. The standard InChI is InChI=1S/C15H21N3O4/c1-5-9(7-19)18-13-12-10(15(20)17-8(2)16-12)6-11(21-3)14(13)22-4/h6,9,18-19H,5,7H2,1-4H3,(H,16,17,20). The quantitative estimate of drug-likeness (QED) is 0.747. The number of rotatable bonds is 6. The highest BCUT2D eigenvalue weighted by Crippen LogP contribution is 2.40. The third-order valence-electron chi connectivity index (χ3n) is 3.52. The summed E-state index contributed by atoms with van der Waals surface area (Å²) in [6.45, 7) is 3.62. The number of hydrogen-bond donors (Lipinski definition) is 3. The first kappa shape index (κ1) is 16.1. The lowest BCUT2D eigenvalue weighted by atomic mass is 10.1. The number of aromatic nitrogens is 2. The summed E-state index contributed by atoms with van der Waals surface area (Å²) < 4.78 is 10.7. The van der Waals surface area contributed by atoms with Crippen molar-refractivity contribution in [2.75, 3.05) is 26.1 Å². The van der Waals surface area contributed by atoms with E-state index in [0.717, 1.165) is 0 Å². The Bertz CT molecular complexity index is 723. The van der Waals surface area contributed by atoms with Gasteiger partial charge in [0.25, 0.3) is 5.56 Å². The summed E-state index contributed by atoms with van der Waals surface area (Å²) in [6, 6.07) is 1.43. The maximum atomic E-state index is 12.2. The first-order valence-electron chi connectivity index (χ1n) is 7.08. The van der Waals surface area contributed by atoms with Gasteiger partial charge in [0.2, 0.25) is 0 Å². The molecule has 7 heteroatoms. The number of nitrogens with zero attached hydrogens (tertiary/aromatic N) is 1. The van der Waals surface area contributed by atoms with Crippen molar-refractivity contribution >= 4 is 16.6 Å². The van der Waals surface area contributed by atoms with Gasteiger partial charge in [-0.2, -0.15) is 0 Å². The second-order valence-corrected chi connectivity index (χ2v) is 4.97. The number of aliphatic hydroxyl groups excluding tert-OH is 1. The normalized spacial score (nSPS) is 12.2. The molecule has 1 heterocycles. The zero-order valence-electron chi connectivity index (χ0n) is 13.2. The number of anilines is 1. The van der Waals surface area contributed by atoms with Crippen LogP contribution in [0.25, 0.3) is 10.9 Å². The fourth-order valence-electron chi connectivity index (χ4n) is 2.32. The van der Waals surface area contributed by atoms with Gasteiger partial charge < -0.3 is 24.9 Å². The van der Waals surface area contributed by atoms with E-state index in [1.165, 1.54) is 14.2 Å². The maximum absolute atomic E-state index is 12.2. The molecule has 3 N–H and O–H groups in total. The van der Waals surface area contributed by atoms with Crippen molar-refractivity contribution in [3.05, 3.63) is 22.2 Å². The topological polar surface area (TPSA) is 96.5 Å². The predicted octanol–water partition coefficient (Wildman–Crippen LogP) is 1.43. The molecule has 7 nitrogen and oxygen atoms in total. The van der Waals surface area contributed by atoms with Gasteiger partial charge in [-0.05, 0) is 19.4 Å². The molecule has 1 atom stereocenters. The summed E-state index contributed by atoms with van der Waals surface area (Å²) in [5.41, 5.74) is 0.793. The molecular weight excluding hydrogens is 286 g/mol. The second kappa shape index (κ2) is 6.65. The number of hydrogen-bond acceptors (Lipinski definition) is 6. The minimum atomic E-state index is -0.247. The van der Waals surface area contributed by atoms with E-state index in [1.807, 2.05) is 6.92 Å². The zero-order chi connectivity index (χ0) is 16.3. The van der Waals surface area contributed by atoms with E-state index in [-0.39, 0.29) is 18.2 Å². The average molecular weight is 307 g/mol. The minimum absolute atomic E-state index is 0.0411. The number of H-pyrrole nitrogens is 1. The Labute approximate surface area is 128 Å². The number of aliphatic hydroxyl groups is 1. The van der Waals surface area contributed by atoms with Crippen molar-refractivity contribution in [2.45, 2.75) is 26.3 Å². The summed E-state index contributed by atoms with van der Waals surface area (Å²) in [5, 5.41) is 13.0. The van der Waals surface area contributed by atoms with Crippen LogP contribution in [0.3, 0.4) is 0 Å². The highest BCUT2D eigenvalue weighted by Gasteiger charge is 2.20. The van der Waals surface area contributed by atoms with Crippen LogP contribution < -0.4 is 20.3 Å². The Hall–Kier alpha value is -2.28. The molecule has 1 unspecified atom stereocenters. The van der Waals surface area contributed by atoms with Gasteiger partial charge in [-0.3, -0.25) is 4.79 Å². The Morgan fingerprint density at radius 1 is 1.41 bits per heavy atom. The summed E-state index contributed by atoms with van der Waals surface area (Å²) in [4.78, 5) is 19.3. The average Bonchev–Trinajstić information content (AvgIpc) is 2.51. The Morgan fingerprint density at radius 3 is 2.68 bits per heavy atom. The molecular formula is C15H21N3O4. The monoisotopic (exact) mass is 307 g/mol. The number of fused-ring (bicyclic) bond motifs is 1. The van der Waals surface area contributed by atoms with Crippen LogP contribution in [0.15, 0.2) is 10.9 Å². The number of nitrogens with one attached hydrogen (secondary N) is 2. The van der Waals surface area contributed by atoms with E-state index < -0.39 is 0 Å². The lowest BCUT2D eigenvalue weighted by Crippen LogP contribution is -2.24. The molecule has 2 aromatic rings. The summed E-state index contributed by atoms with van der Waals surface area (Å²) in [5.74, 6) is 1.39. The van der Waals surface area contributed by atoms with Crippen LogP contribution in [0.1, 0.15) is 19.2 Å². The molecule has 0 fully saturated rings. The van der Waals surface area contributed by atoms with Crippen molar-refractivity contribution < 1.29 is 14.6 Å². The molecule has 0 amide bonds. The molecule has 1 aromatic carbocycles. The van der Waals surface area contributed by atoms with Crippen LogP contribution in [-0.2, 0) is 0 Å². The number of methoxy groups -OCH3 is 2. The van der Waals surface area contributed by atoms with Crippen molar-refractivity contribution in [1.82, 2.24) is 9.97 Å². The summed E-state index contributed by atoms with van der Waals surface area (Å²) in [7, 11) is 3.03. The Morgan fingerprint density at radius 2 is 2.14 bits per heavy atom. The van der Waals surface area contributed by atoms with Crippen LogP contribution >= 0.6 is 0 Å². The van der Waals surface area contributed by atoms with E-state index in [9.17, 15) is 9.90 Å². The fourth-order valence-corrected chi connectivity index (χ4v) is 2.32. The van der Waals surface area contributed by atoms with E-state index in [1.54, 1.807) is 13.0 Å². The smallest absolute Gasteiger partial charge is 0.258 e. The van der Waals surface area contributed by atoms with Crippen LogP contribution in [0.2, 0.25) is 0 Å². The second-order valence-electron chi connectivity index (χ2n) is 4.97. The van der Waals surface area contributed by atoms with Gasteiger partial charge in [0, 0.05) is 6.04 Å². The number of aryl methyl sites for hydroxylation is 1. The third-order valence-corrected chi connectivity index (χ3v) is 3.52. The first-order valence-corrected chi connectivity index (χ1v) is 7.08. The molecule has 120 valence electrons. The highest BCUT2D eigenvalue weighted by molar-refractivity contribution is 5.96. The number of benzene rings is 1. The first-order chi connectivity index (χ1) is 10.5. The van der Waals surface area contributed by atoms with Crippen molar-refractivity contribution in [3.63, 3.8) is 0 Å². The van der Waals surface area contributed by atoms with Crippen LogP contribution in [-0.4, -0.2) is 41.9 Å². The van der Waals surface area contributed by atoms with Gasteiger partial charge in [-0.25, -0.2) is 4.98 Å². The molecule has 0 aliphatic carbocycles. The summed E-state index contributed by atoms with van der Waals surface area (Å²) >= 11 is 0. The molecule has 0 saturated carbocycles. The largest absolute Gasteiger partial charge is 0.493 e. The van der Waals surface area contributed by atoms with Gasteiger partial charge in [-0.15, -0.1) is 0 Å². The molecule has 2 rings (SSSR count). The van der Waals surface area contributed by atoms with Gasteiger partial charge in [0.1, 0.15) is 17.0 Å². The SMILES string of the molecule is CCC(CO)Nc1c(OC)c(OC)cc2c(=O)[nH]c(C)nc12. The lowest BCUT2D eigenvalue weighted by molar-refractivity contribution is 0.271. The molecule has 0 saturated heterocycles. The fraction of sp³-hybridized carbons (Fsp3) is 0.467. The molecule has 0 radical (unpaired) electrons. The van der Waals surface area contributed by atoms with Gasteiger partial charge in [0.15, 0.2) is 11.5 Å². The number of aromatic amines is 1. The minimum Gasteiger partial charge on any atom is -0.493 e. The molecule has 0 aliphatic heterocycles. The number of ether oxygens (including phenoxy) is 2. The van der Waals surface area contributed by atoms with E-state index >= 15 is 0 Å². The van der Waals surface area contributed by atoms with Gasteiger partial charge >= 0.3 is 0 Å². The van der Waals surface area contributed by atoms with Gasteiger partial charge in [-0.1, -0.05) is 6.92 Å². The van der Waals surface area contributed by atoms with E-state index in [0.29, 0.717) is 40.3 Å². The molecule has 22 heavy (non-hydrogen) atoms. The molecule has 1 aromatic heterocycles. The Kier molecular flexibility index (Phi) is 4.87. The summed E-state index contributed by atoms with van der Waals surface area (Å²) in [6.07, 6.45) is 0.709. The molecule has 0 spiro atoms. The van der Waals surface area contributed by atoms with Crippen LogP contribution in [0.4, 0.5) is 5.69 Å². The van der Waals surface area contributed by atoms with Crippen molar-refractivity contribution in [1.29, 1.82) is 0 Å². The third kappa shape index (κ3) is 2.85. The Balaban J connectivity index is 2.79.